The van der Waals surface area contributed by atoms with Crippen LogP contribution in [-0.4, -0.2) is 37.4 Å². The van der Waals surface area contributed by atoms with Gasteiger partial charge in [0, 0.05) is 13.6 Å². The van der Waals surface area contributed by atoms with E-state index in [2.05, 4.69) is 5.32 Å². The van der Waals surface area contributed by atoms with E-state index in [1.807, 2.05) is 0 Å². The molecule has 5 nitrogen and oxygen atoms in total. The van der Waals surface area contributed by atoms with Crippen LogP contribution in [0.25, 0.3) is 0 Å². The summed E-state index contributed by atoms with van der Waals surface area (Å²) >= 11 is 0. The second kappa shape index (κ2) is 9.37. The second-order valence-corrected chi connectivity index (χ2v) is 7.07. The second-order valence-electron chi connectivity index (χ2n) is 7.07. The summed E-state index contributed by atoms with van der Waals surface area (Å²) in [4.78, 5) is 13.8. The first-order valence-electron chi connectivity index (χ1n) is 9.55. The first-order valence-corrected chi connectivity index (χ1v) is 9.55. The summed E-state index contributed by atoms with van der Waals surface area (Å²) in [6.45, 7) is -0.277. The molecule has 0 bridgehead atoms. The van der Waals surface area contributed by atoms with Crippen molar-refractivity contribution in [2.24, 2.45) is 0 Å². The zero-order valence-corrected chi connectivity index (χ0v) is 16.8. The first-order chi connectivity index (χ1) is 15.0. The Morgan fingerprint density at radius 1 is 1.06 bits per heavy atom. The van der Waals surface area contributed by atoms with Crippen molar-refractivity contribution in [1.82, 2.24) is 10.2 Å². The van der Waals surface area contributed by atoms with E-state index in [1.165, 1.54) is 11.9 Å². The Labute approximate surface area is 179 Å². The molecule has 32 heavy (non-hydrogen) atoms. The molecular formula is C21H20F6N2O3. The van der Waals surface area contributed by atoms with Gasteiger partial charge in [-0.05, 0) is 29.3 Å². The molecule has 11 heteroatoms. The van der Waals surface area contributed by atoms with Gasteiger partial charge in [0.25, 0.3) is 0 Å². The van der Waals surface area contributed by atoms with E-state index in [4.69, 9.17) is 9.47 Å². The maximum Gasteiger partial charge on any atom is 0.416 e. The van der Waals surface area contributed by atoms with Gasteiger partial charge in [-0.2, -0.15) is 26.3 Å². The quantitative estimate of drug-likeness (QED) is 0.653. The number of carbonyl (C=O) groups is 1. The number of ether oxygens (including phenoxy) is 2. The number of hydrogen-bond donors (Lipinski definition) is 1. The Bertz CT molecular complexity index is 901. The fraction of sp³-hybridized carbons (Fsp3) is 0.381. The molecule has 0 aliphatic carbocycles. The summed E-state index contributed by atoms with van der Waals surface area (Å²) in [6, 6.07) is 8.74. The molecule has 1 fully saturated rings. The molecule has 2 unspecified atom stereocenters. The van der Waals surface area contributed by atoms with Gasteiger partial charge in [0.05, 0.1) is 24.3 Å². The number of halogens is 6. The van der Waals surface area contributed by atoms with Gasteiger partial charge in [0.1, 0.15) is 6.04 Å². The summed E-state index contributed by atoms with van der Waals surface area (Å²) in [7, 11) is 1.44. The Morgan fingerprint density at radius 3 is 2.19 bits per heavy atom. The Kier molecular flexibility index (Phi) is 6.99. The van der Waals surface area contributed by atoms with E-state index < -0.39 is 48.4 Å². The van der Waals surface area contributed by atoms with Gasteiger partial charge >= 0.3 is 18.4 Å². The van der Waals surface area contributed by atoms with Crippen molar-refractivity contribution in [3.8, 4) is 0 Å². The third kappa shape index (κ3) is 5.52. The maximum atomic E-state index is 13.1. The van der Waals surface area contributed by atoms with Crippen LogP contribution >= 0.6 is 0 Å². The summed E-state index contributed by atoms with van der Waals surface area (Å²) < 4.78 is 89.9. The van der Waals surface area contributed by atoms with Crippen LogP contribution in [0.3, 0.4) is 0 Å². The number of nitrogens with one attached hydrogen (secondary N) is 1. The maximum absolute atomic E-state index is 13.1. The minimum atomic E-state index is -4.96. The van der Waals surface area contributed by atoms with Crippen molar-refractivity contribution in [2.45, 2.75) is 31.3 Å². The number of hydrogen-bond acceptors (Lipinski definition) is 3. The highest BCUT2D eigenvalue weighted by molar-refractivity contribution is 5.74. The molecule has 0 saturated carbocycles. The van der Waals surface area contributed by atoms with Crippen molar-refractivity contribution in [3.05, 3.63) is 70.8 Å². The van der Waals surface area contributed by atoms with Gasteiger partial charge in [-0.15, -0.1) is 0 Å². The van der Waals surface area contributed by atoms with Gasteiger partial charge in [-0.3, -0.25) is 0 Å². The molecule has 1 aliphatic rings. The third-order valence-corrected chi connectivity index (χ3v) is 4.89. The normalized spacial score (nSPS) is 19.7. The van der Waals surface area contributed by atoms with Crippen molar-refractivity contribution in [2.75, 3.05) is 20.2 Å². The molecule has 2 atom stereocenters. The van der Waals surface area contributed by atoms with Crippen molar-refractivity contribution in [3.63, 3.8) is 0 Å². The average Bonchev–Trinajstić information content (AvgIpc) is 2.76. The fourth-order valence-corrected chi connectivity index (χ4v) is 3.42. The third-order valence-electron chi connectivity index (χ3n) is 4.89. The largest absolute Gasteiger partial charge is 0.416 e. The zero-order chi connectivity index (χ0) is 23.5. The lowest BCUT2D eigenvalue weighted by atomic mass is 10.0. The van der Waals surface area contributed by atoms with Gasteiger partial charge < -0.3 is 19.7 Å². The van der Waals surface area contributed by atoms with E-state index in [0.717, 1.165) is 0 Å². The Balaban J connectivity index is 1.89. The molecule has 0 radical (unpaired) electrons. The van der Waals surface area contributed by atoms with Gasteiger partial charge in [-0.1, -0.05) is 30.3 Å². The van der Waals surface area contributed by atoms with Crippen LogP contribution in [0.4, 0.5) is 31.1 Å². The average molecular weight is 462 g/mol. The fourth-order valence-electron chi connectivity index (χ4n) is 3.42. The lowest BCUT2D eigenvalue weighted by molar-refractivity contribution is -0.207. The molecule has 174 valence electrons. The van der Waals surface area contributed by atoms with E-state index in [9.17, 15) is 31.1 Å². The topological polar surface area (TPSA) is 50.8 Å². The highest BCUT2D eigenvalue weighted by Gasteiger charge is 2.39. The van der Waals surface area contributed by atoms with Crippen molar-refractivity contribution >= 4 is 6.03 Å². The zero-order valence-electron chi connectivity index (χ0n) is 16.8. The summed E-state index contributed by atoms with van der Waals surface area (Å²) in [5.74, 6) is 0. The first kappa shape index (κ1) is 23.9. The minimum Gasteiger partial charge on any atom is -0.348 e. The van der Waals surface area contributed by atoms with E-state index in [-0.39, 0.29) is 24.8 Å². The summed E-state index contributed by atoms with van der Waals surface area (Å²) in [5.41, 5.74) is -2.54. The van der Waals surface area contributed by atoms with E-state index >= 15 is 0 Å². The van der Waals surface area contributed by atoms with Crippen LogP contribution in [0.2, 0.25) is 0 Å². The van der Waals surface area contributed by atoms with Crippen LogP contribution < -0.4 is 5.32 Å². The molecule has 0 spiro atoms. The molecule has 0 aromatic heterocycles. The van der Waals surface area contributed by atoms with Crippen LogP contribution in [0.5, 0.6) is 0 Å². The molecule has 1 N–H and O–H groups in total. The Hall–Kier alpha value is -2.79. The highest BCUT2D eigenvalue weighted by Crippen LogP contribution is 2.37. The van der Waals surface area contributed by atoms with E-state index in [0.29, 0.717) is 17.7 Å². The molecule has 2 aromatic rings. The van der Waals surface area contributed by atoms with Crippen molar-refractivity contribution < 1.29 is 40.6 Å². The van der Waals surface area contributed by atoms with Gasteiger partial charge in [0.15, 0.2) is 6.29 Å². The molecule has 2 aromatic carbocycles. The van der Waals surface area contributed by atoms with Gasteiger partial charge in [-0.25, -0.2) is 4.79 Å². The number of benzene rings is 2. The molecule has 1 heterocycles. The Morgan fingerprint density at radius 2 is 1.66 bits per heavy atom. The van der Waals surface area contributed by atoms with Crippen LogP contribution in [0.15, 0.2) is 48.5 Å². The monoisotopic (exact) mass is 462 g/mol. The van der Waals surface area contributed by atoms with E-state index in [1.54, 1.807) is 30.3 Å². The lowest BCUT2D eigenvalue weighted by Crippen LogP contribution is -2.51. The lowest BCUT2D eigenvalue weighted by Gasteiger charge is -2.40. The van der Waals surface area contributed by atoms with Crippen molar-refractivity contribution in [1.29, 1.82) is 0 Å². The standard InChI is InChI=1S/C21H20F6N2O3/c1-28-19(30)29-7-8-31-18(17(29)14-5-3-2-4-6-14)32-12-13-9-15(20(22,23)24)11-16(10-13)21(25,26)27/h2-6,9-11,17-18H,7-8,12H2,1H3,(H,28,30). The van der Waals surface area contributed by atoms with Gasteiger partial charge in [0.2, 0.25) is 0 Å². The molecule has 1 saturated heterocycles. The number of urea groups is 1. The van der Waals surface area contributed by atoms with Crippen LogP contribution in [-0.2, 0) is 28.4 Å². The molecule has 2 amide bonds. The minimum absolute atomic E-state index is 0.0563. The summed E-state index contributed by atoms with van der Waals surface area (Å²) in [6.07, 6.45) is -11.0. The number of morpholine rings is 1. The number of rotatable bonds is 4. The van der Waals surface area contributed by atoms with Crippen LogP contribution in [0, 0.1) is 0 Å². The highest BCUT2D eigenvalue weighted by atomic mass is 19.4. The smallest absolute Gasteiger partial charge is 0.348 e. The number of alkyl halides is 6. The molecular weight excluding hydrogens is 442 g/mol. The number of nitrogens with zero attached hydrogens (tertiary/aromatic N) is 1. The number of carbonyl (C=O) groups excluding carboxylic acids is 1. The predicted octanol–water partition coefficient (Wildman–Crippen LogP) is 4.98. The number of amides is 2. The predicted molar refractivity (Wildman–Crippen MR) is 101 cm³/mol. The molecule has 3 rings (SSSR count). The SMILES string of the molecule is CNC(=O)N1CCOC(OCc2cc(C(F)(F)F)cc(C(F)(F)F)c2)C1c1ccccc1. The molecule has 1 aliphatic heterocycles. The van der Waals surface area contributed by atoms with Crippen LogP contribution in [0.1, 0.15) is 28.3 Å². The summed E-state index contributed by atoms with van der Waals surface area (Å²) in [5, 5.41) is 2.50.